The normalized spacial score (nSPS) is 10.8. The summed E-state index contributed by atoms with van der Waals surface area (Å²) in [5.74, 6) is 5.14. The summed E-state index contributed by atoms with van der Waals surface area (Å²) in [6.07, 6.45) is -0.417. The number of carbonyl (C=O) groups excluding carboxylic acids is 2. The Morgan fingerprint density at radius 3 is 1.27 bits per heavy atom. The SMILES string of the molecule is C[Si](C)(C)C#Cc1ccc(COC(=O)CC(=O)OCc2ccc(C#C[Si](C)(C)C)cc2)cc1. The minimum Gasteiger partial charge on any atom is -0.460 e. The van der Waals surface area contributed by atoms with Gasteiger partial charge in [-0.3, -0.25) is 9.59 Å². The first-order valence-electron chi connectivity index (χ1n) is 11.0. The second kappa shape index (κ2) is 11.7. The third-order valence-electron chi connectivity index (χ3n) is 4.16. The third-order valence-corrected chi connectivity index (χ3v) is 5.91. The van der Waals surface area contributed by atoms with E-state index in [4.69, 9.17) is 9.47 Å². The molecular weight excluding hydrogens is 444 g/mol. The highest BCUT2D eigenvalue weighted by molar-refractivity contribution is 6.84. The molecule has 2 aromatic carbocycles. The Morgan fingerprint density at radius 2 is 0.970 bits per heavy atom. The zero-order valence-electron chi connectivity index (χ0n) is 20.4. The molecule has 33 heavy (non-hydrogen) atoms. The fraction of sp³-hybridized carbons (Fsp3) is 0.333. The average Bonchev–Trinajstić information content (AvgIpc) is 2.74. The van der Waals surface area contributed by atoms with Gasteiger partial charge in [0.15, 0.2) is 0 Å². The van der Waals surface area contributed by atoms with Crippen LogP contribution in [0.3, 0.4) is 0 Å². The summed E-state index contributed by atoms with van der Waals surface area (Å²) in [7, 11) is -2.84. The first-order chi connectivity index (χ1) is 15.4. The summed E-state index contributed by atoms with van der Waals surface area (Å²) in [5.41, 5.74) is 10.2. The van der Waals surface area contributed by atoms with E-state index < -0.39 is 34.5 Å². The van der Waals surface area contributed by atoms with Gasteiger partial charge in [-0.15, -0.1) is 11.1 Å². The maximum Gasteiger partial charge on any atom is 0.317 e. The maximum atomic E-state index is 12.0. The summed E-state index contributed by atoms with van der Waals surface area (Å²) in [4.78, 5) is 23.9. The Balaban J connectivity index is 1.75. The number of benzene rings is 2. The van der Waals surface area contributed by atoms with Crippen LogP contribution in [-0.2, 0) is 32.3 Å². The van der Waals surface area contributed by atoms with E-state index in [-0.39, 0.29) is 13.2 Å². The van der Waals surface area contributed by atoms with Gasteiger partial charge in [0.25, 0.3) is 0 Å². The van der Waals surface area contributed by atoms with Gasteiger partial charge in [0.2, 0.25) is 0 Å². The van der Waals surface area contributed by atoms with Crippen LogP contribution in [0.2, 0.25) is 39.3 Å². The van der Waals surface area contributed by atoms with Gasteiger partial charge in [-0.25, -0.2) is 0 Å². The second-order valence-corrected chi connectivity index (χ2v) is 19.4. The number of hydrogen-bond acceptors (Lipinski definition) is 4. The minimum atomic E-state index is -1.42. The molecular formula is C27H32O4Si2. The molecule has 0 saturated heterocycles. The van der Waals surface area contributed by atoms with Crippen molar-refractivity contribution in [2.45, 2.75) is 58.9 Å². The van der Waals surface area contributed by atoms with Crippen molar-refractivity contribution >= 4 is 28.1 Å². The standard InChI is InChI=1S/C27H32O4Si2/c1-32(2,3)17-15-22-7-11-24(12-8-22)20-30-26(28)19-27(29)31-21-25-13-9-23(10-14-25)16-18-33(4,5)6/h7-14H,19-21H2,1-6H3. The molecule has 2 aromatic rings. The molecule has 0 spiro atoms. The Labute approximate surface area is 199 Å². The summed E-state index contributed by atoms with van der Waals surface area (Å²) >= 11 is 0. The van der Waals surface area contributed by atoms with E-state index in [2.05, 4.69) is 62.2 Å². The Bertz CT molecular complexity index is 993. The Morgan fingerprint density at radius 1 is 0.636 bits per heavy atom. The van der Waals surface area contributed by atoms with E-state index in [1.807, 2.05) is 48.5 Å². The van der Waals surface area contributed by atoms with Crippen LogP contribution < -0.4 is 0 Å². The number of ether oxygens (including phenoxy) is 2. The lowest BCUT2D eigenvalue weighted by molar-refractivity contribution is -0.156. The highest BCUT2D eigenvalue weighted by Crippen LogP contribution is 2.09. The largest absolute Gasteiger partial charge is 0.460 e. The molecule has 0 aliphatic rings. The Kier molecular flexibility index (Phi) is 9.28. The maximum absolute atomic E-state index is 12.0. The lowest BCUT2D eigenvalue weighted by Crippen LogP contribution is -2.16. The van der Waals surface area contributed by atoms with E-state index in [9.17, 15) is 9.59 Å². The third kappa shape index (κ3) is 11.4. The fourth-order valence-corrected chi connectivity index (χ4v) is 3.47. The van der Waals surface area contributed by atoms with E-state index >= 15 is 0 Å². The highest BCUT2D eigenvalue weighted by atomic mass is 28.3. The molecule has 0 aliphatic heterocycles. The number of hydrogen-bond donors (Lipinski definition) is 0. The monoisotopic (exact) mass is 476 g/mol. The molecule has 6 heteroatoms. The van der Waals surface area contributed by atoms with E-state index in [1.54, 1.807) is 0 Å². The molecule has 172 valence electrons. The average molecular weight is 477 g/mol. The molecule has 0 saturated carbocycles. The summed E-state index contributed by atoms with van der Waals surface area (Å²) < 4.78 is 10.4. The quantitative estimate of drug-likeness (QED) is 0.245. The van der Waals surface area contributed by atoms with Crippen LogP contribution in [0.1, 0.15) is 28.7 Å². The van der Waals surface area contributed by atoms with E-state index in [0.717, 1.165) is 22.3 Å². The van der Waals surface area contributed by atoms with Crippen molar-refractivity contribution in [2.75, 3.05) is 0 Å². The predicted octanol–water partition coefficient (Wildman–Crippen LogP) is 5.32. The van der Waals surface area contributed by atoms with Crippen LogP contribution >= 0.6 is 0 Å². The highest BCUT2D eigenvalue weighted by Gasteiger charge is 2.13. The van der Waals surface area contributed by atoms with Crippen LogP contribution in [0.5, 0.6) is 0 Å². The van der Waals surface area contributed by atoms with Crippen molar-refractivity contribution in [1.82, 2.24) is 0 Å². The van der Waals surface area contributed by atoms with Crippen molar-refractivity contribution in [2.24, 2.45) is 0 Å². The predicted molar refractivity (Wildman–Crippen MR) is 138 cm³/mol. The molecule has 0 atom stereocenters. The van der Waals surface area contributed by atoms with E-state index in [1.165, 1.54) is 0 Å². The van der Waals surface area contributed by atoms with Gasteiger partial charge in [-0.2, -0.15) is 0 Å². The van der Waals surface area contributed by atoms with Crippen molar-refractivity contribution in [1.29, 1.82) is 0 Å². The first-order valence-corrected chi connectivity index (χ1v) is 18.0. The zero-order valence-corrected chi connectivity index (χ0v) is 22.4. The first kappa shape index (κ1) is 26.2. The molecule has 0 bridgehead atoms. The molecule has 0 unspecified atom stereocenters. The molecule has 0 aliphatic carbocycles. The molecule has 0 fully saturated rings. The minimum absolute atomic E-state index is 0.105. The Hall–Kier alpha value is -3.07. The van der Waals surface area contributed by atoms with Crippen molar-refractivity contribution in [3.8, 4) is 22.9 Å². The van der Waals surface area contributed by atoms with Crippen molar-refractivity contribution < 1.29 is 19.1 Å². The van der Waals surface area contributed by atoms with Gasteiger partial charge >= 0.3 is 11.9 Å². The van der Waals surface area contributed by atoms with Gasteiger partial charge < -0.3 is 9.47 Å². The van der Waals surface area contributed by atoms with Crippen LogP contribution in [0, 0.1) is 22.9 Å². The number of esters is 2. The lowest BCUT2D eigenvalue weighted by Gasteiger charge is -2.07. The van der Waals surface area contributed by atoms with Gasteiger partial charge in [-0.05, 0) is 35.4 Å². The topological polar surface area (TPSA) is 52.6 Å². The summed E-state index contributed by atoms with van der Waals surface area (Å²) in [6, 6.07) is 15.1. The van der Waals surface area contributed by atoms with Gasteiger partial charge in [0, 0.05) is 11.1 Å². The lowest BCUT2D eigenvalue weighted by atomic mass is 10.1. The van der Waals surface area contributed by atoms with Crippen molar-refractivity contribution in [3.05, 3.63) is 70.8 Å². The number of carbonyl (C=O) groups is 2. The molecule has 0 aromatic heterocycles. The molecule has 0 amide bonds. The van der Waals surface area contributed by atoms with Crippen molar-refractivity contribution in [3.63, 3.8) is 0 Å². The molecule has 4 nitrogen and oxygen atoms in total. The molecule has 2 rings (SSSR count). The van der Waals surface area contributed by atoms with Crippen LogP contribution in [0.25, 0.3) is 0 Å². The van der Waals surface area contributed by atoms with E-state index in [0.29, 0.717) is 0 Å². The smallest absolute Gasteiger partial charge is 0.317 e. The number of rotatable bonds is 6. The zero-order chi connectivity index (χ0) is 24.5. The molecule has 0 N–H and O–H groups in total. The molecule has 0 heterocycles. The van der Waals surface area contributed by atoms with Crippen LogP contribution in [0.4, 0.5) is 0 Å². The van der Waals surface area contributed by atoms with Gasteiger partial charge in [0.1, 0.15) is 35.8 Å². The van der Waals surface area contributed by atoms with Crippen LogP contribution in [0.15, 0.2) is 48.5 Å². The van der Waals surface area contributed by atoms with Crippen LogP contribution in [-0.4, -0.2) is 28.1 Å². The molecule has 0 radical (unpaired) electrons. The fourth-order valence-electron chi connectivity index (χ4n) is 2.44. The summed E-state index contributed by atoms with van der Waals surface area (Å²) in [5, 5.41) is 0. The van der Waals surface area contributed by atoms with Gasteiger partial charge in [0.05, 0.1) is 0 Å². The summed E-state index contributed by atoms with van der Waals surface area (Å²) in [6.45, 7) is 13.4. The second-order valence-electron chi connectivity index (χ2n) is 9.89. The van der Waals surface area contributed by atoms with Gasteiger partial charge in [-0.1, -0.05) is 75.4 Å².